The molecule has 2 amide bonds. The average Bonchev–Trinajstić information content (AvgIpc) is 2.98. The molecule has 2 aromatic rings. The Morgan fingerprint density at radius 2 is 1.10 bits per heavy atom. The Balaban J connectivity index is 1.68. The second-order valence-corrected chi connectivity index (χ2v) is 11.2. The van der Waals surface area contributed by atoms with Crippen molar-refractivity contribution < 1.29 is 19.5 Å². The van der Waals surface area contributed by atoms with Gasteiger partial charge in [0.25, 0.3) is 0 Å². The molecule has 0 aliphatic rings. The molecule has 0 saturated heterocycles. The smallest absolute Gasteiger partial charge is 0.326 e. The van der Waals surface area contributed by atoms with E-state index in [1.165, 1.54) is 77.0 Å². The van der Waals surface area contributed by atoms with Crippen LogP contribution in [0.25, 0.3) is 0 Å². The molecule has 2 rings (SSSR count). The van der Waals surface area contributed by atoms with Crippen LogP contribution in [0.15, 0.2) is 60.7 Å². The van der Waals surface area contributed by atoms with Crippen molar-refractivity contribution in [3.63, 3.8) is 0 Å². The summed E-state index contributed by atoms with van der Waals surface area (Å²) in [6.07, 6.45) is 19.4. The molecule has 0 unspecified atom stereocenters. The fourth-order valence-corrected chi connectivity index (χ4v) is 5.14. The molecule has 0 saturated carbocycles. The van der Waals surface area contributed by atoms with Gasteiger partial charge in [0, 0.05) is 12.8 Å². The Labute approximate surface area is 247 Å². The number of carbonyl (C=O) groups excluding carboxylic acids is 2. The molecule has 0 heterocycles. The molecule has 6 heteroatoms. The highest BCUT2D eigenvalue weighted by Crippen LogP contribution is 2.16. The molecule has 2 atom stereocenters. The number of hydrogen-bond donors (Lipinski definition) is 3. The van der Waals surface area contributed by atoms with E-state index in [0.29, 0.717) is 12.0 Å². The van der Waals surface area contributed by atoms with E-state index in [1.807, 2.05) is 36.4 Å². The van der Waals surface area contributed by atoms with Gasteiger partial charge in [0.15, 0.2) is 0 Å². The number of carboxylic acid groups (broad SMARTS) is 1. The summed E-state index contributed by atoms with van der Waals surface area (Å²) in [5, 5.41) is 15.2. The zero-order chi connectivity index (χ0) is 29.5. The van der Waals surface area contributed by atoms with Gasteiger partial charge >= 0.3 is 5.97 Å². The number of nitrogens with one attached hydrogen (secondary N) is 2. The summed E-state index contributed by atoms with van der Waals surface area (Å²) in [6, 6.07) is 16.1. The minimum absolute atomic E-state index is 0.163. The van der Waals surface area contributed by atoms with Crippen LogP contribution in [0, 0.1) is 0 Å². The van der Waals surface area contributed by atoms with Gasteiger partial charge in [0.1, 0.15) is 12.1 Å². The van der Waals surface area contributed by atoms with Crippen molar-refractivity contribution >= 4 is 17.8 Å². The van der Waals surface area contributed by atoms with Gasteiger partial charge in [0.2, 0.25) is 11.8 Å². The van der Waals surface area contributed by atoms with Crippen molar-refractivity contribution in [3.05, 3.63) is 71.8 Å². The maximum Gasteiger partial charge on any atom is 0.326 e. The van der Waals surface area contributed by atoms with Crippen molar-refractivity contribution in [2.45, 2.75) is 128 Å². The number of amides is 2. The zero-order valence-corrected chi connectivity index (χ0v) is 25.1. The molecule has 2 aromatic carbocycles. The van der Waals surface area contributed by atoms with Gasteiger partial charge in [0.05, 0.1) is 0 Å². The maximum atomic E-state index is 13.2. The number of rotatable bonds is 23. The predicted octanol–water partition coefficient (Wildman–Crippen LogP) is 7.92. The van der Waals surface area contributed by atoms with E-state index in [2.05, 4.69) is 17.6 Å². The van der Waals surface area contributed by atoms with E-state index < -0.39 is 24.0 Å². The highest BCUT2D eigenvalue weighted by atomic mass is 16.4. The summed E-state index contributed by atoms with van der Waals surface area (Å²) >= 11 is 0. The maximum absolute atomic E-state index is 13.2. The van der Waals surface area contributed by atoms with Gasteiger partial charge in [-0.05, 0) is 17.5 Å². The minimum atomic E-state index is -1.11. The van der Waals surface area contributed by atoms with Crippen molar-refractivity contribution in [3.8, 4) is 0 Å². The van der Waals surface area contributed by atoms with Gasteiger partial charge in [-0.1, -0.05) is 157 Å². The lowest BCUT2D eigenvalue weighted by Gasteiger charge is -2.22. The first-order valence-electron chi connectivity index (χ1n) is 15.9. The number of carboxylic acids is 1. The van der Waals surface area contributed by atoms with Crippen LogP contribution in [-0.4, -0.2) is 28.9 Å². The predicted molar refractivity (Wildman–Crippen MR) is 167 cm³/mol. The summed E-state index contributed by atoms with van der Waals surface area (Å²) in [4.78, 5) is 37.9. The van der Waals surface area contributed by atoms with E-state index in [0.717, 1.165) is 24.8 Å². The largest absolute Gasteiger partial charge is 0.480 e. The molecular weight excluding hydrogens is 512 g/mol. The lowest BCUT2D eigenvalue weighted by atomic mass is 10.0. The third-order valence-corrected chi connectivity index (χ3v) is 7.61. The van der Waals surface area contributed by atoms with Crippen LogP contribution in [-0.2, 0) is 20.8 Å². The Morgan fingerprint density at radius 1 is 0.634 bits per heavy atom. The quantitative estimate of drug-likeness (QED) is 0.119. The second kappa shape index (κ2) is 21.6. The topological polar surface area (TPSA) is 95.5 Å². The number of benzene rings is 2. The number of aliphatic carboxylic acids is 1. The van der Waals surface area contributed by atoms with Crippen molar-refractivity contribution in [2.24, 2.45) is 0 Å². The van der Waals surface area contributed by atoms with E-state index in [-0.39, 0.29) is 12.3 Å². The van der Waals surface area contributed by atoms with E-state index in [4.69, 9.17) is 0 Å². The van der Waals surface area contributed by atoms with Crippen molar-refractivity contribution in [2.75, 3.05) is 0 Å². The van der Waals surface area contributed by atoms with E-state index in [9.17, 15) is 19.5 Å². The molecule has 226 valence electrons. The van der Waals surface area contributed by atoms with Crippen molar-refractivity contribution in [1.29, 1.82) is 0 Å². The van der Waals surface area contributed by atoms with Crippen LogP contribution < -0.4 is 10.6 Å². The molecule has 0 aliphatic heterocycles. The Bertz CT molecular complexity index is 980. The van der Waals surface area contributed by atoms with Gasteiger partial charge in [-0.3, -0.25) is 9.59 Å². The van der Waals surface area contributed by atoms with E-state index in [1.54, 1.807) is 24.3 Å². The number of unbranched alkanes of at least 4 members (excludes halogenated alkanes) is 14. The molecule has 3 N–H and O–H groups in total. The van der Waals surface area contributed by atoms with Gasteiger partial charge in [-0.15, -0.1) is 0 Å². The molecule has 0 fully saturated rings. The normalized spacial score (nSPS) is 12.4. The third-order valence-electron chi connectivity index (χ3n) is 7.61. The Morgan fingerprint density at radius 3 is 1.59 bits per heavy atom. The van der Waals surface area contributed by atoms with Crippen LogP contribution in [0.2, 0.25) is 0 Å². The summed E-state index contributed by atoms with van der Waals surface area (Å²) in [7, 11) is 0. The van der Waals surface area contributed by atoms with Crippen LogP contribution in [0.1, 0.15) is 127 Å². The first-order valence-corrected chi connectivity index (χ1v) is 15.9. The minimum Gasteiger partial charge on any atom is -0.480 e. The Kier molecular flexibility index (Phi) is 17.9. The summed E-state index contributed by atoms with van der Waals surface area (Å²) in [6.45, 7) is 2.26. The molecule has 41 heavy (non-hydrogen) atoms. The van der Waals surface area contributed by atoms with Gasteiger partial charge in [-0.25, -0.2) is 4.79 Å². The highest BCUT2D eigenvalue weighted by molar-refractivity contribution is 5.91. The second-order valence-electron chi connectivity index (χ2n) is 11.2. The fraction of sp³-hybridized carbons (Fsp3) is 0.571. The van der Waals surface area contributed by atoms with Crippen LogP contribution in [0.5, 0.6) is 0 Å². The summed E-state index contributed by atoms with van der Waals surface area (Å²) in [5.41, 5.74) is 1.44. The SMILES string of the molecule is CCCCCCCCCCCCCCCCCC(=O)N[C@H](C(=O)N[C@@H](Cc1ccccc1)C(=O)O)c1ccccc1. The summed E-state index contributed by atoms with van der Waals surface area (Å²) in [5.74, 6) is -1.83. The average molecular weight is 565 g/mol. The van der Waals surface area contributed by atoms with E-state index >= 15 is 0 Å². The lowest BCUT2D eigenvalue weighted by molar-refractivity contribution is -0.142. The van der Waals surface area contributed by atoms with Crippen LogP contribution in [0.3, 0.4) is 0 Å². The Hall–Kier alpha value is -3.15. The van der Waals surface area contributed by atoms with Crippen LogP contribution in [0.4, 0.5) is 0 Å². The van der Waals surface area contributed by atoms with Gasteiger partial charge < -0.3 is 15.7 Å². The molecule has 0 aliphatic carbocycles. The number of carbonyl (C=O) groups is 3. The van der Waals surface area contributed by atoms with Crippen molar-refractivity contribution in [1.82, 2.24) is 10.6 Å². The molecule has 0 spiro atoms. The number of hydrogen-bond acceptors (Lipinski definition) is 3. The molecular formula is C35H52N2O4. The first-order chi connectivity index (χ1) is 20.0. The highest BCUT2D eigenvalue weighted by Gasteiger charge is 2.27. The van der Waals surface area contributed by atoms with Gasteiger partial charge in [-0.2, -0.15) is 0 Å². The fourth-order valence-electron chi connectivity index (χ4n) is 5.14. The van der Waals surface area contributed by atoms with Crippen LogP contribution >= 0.6 is 0 Å². The molecule has 0 aromatic heterocycles. The first kappa shape index (κ1) is 34.1. The molecule has 0 bridgehead atoms. The monoisotopic (exact) mass is 564 g/mol. The summed E-state index contributed by atoms with van der Waals surface area (Å²) < 4.78 is 0. The molecule has 0 radical (unpaired) electrons. The zero-order valence-electron chi connectivity index (χ0n) is 25.1. The lowest BCUT2D eigenvalue weighted by Crippen LogP contribution is -2.48. The molecule has 6 nitrogen and oxygen atoms in total. The third kappa shape index (κ3) is 15.4. The standard InChI is InChI=1S/C35H52N2O4/c1-2-3-4-5-6-7-8-9-10-11-12-13-14-15-22-27-32(38)37-33(30-25-20-17-21-26-30)34(39)36-31(35(40)41)28-29-23-18-16-19-24-29/h16-21,23-26,31,33H,2-15,22,27-28H2,1H3,(H,36,39)(H,37,38)(H,40,41)/t31-,33-/m0/s1.